The van der Waals surface area contributed by atoms with Gasteiger partial charge >= 0.3 is 11.9 Å². The van der Waals surface area contributed by atoms with Crippen molar-refractivity contribution in [1.82, 2.24) is 9.88 Å². The second kappa shape index (κ2) is 5.84. The van der Waals surface area contributed by atoms with Gasteiger partial charge in [0.05, 0.1) is 28.8 Å². The second-order valence-electron chi connectivity index (χ2n) is 5.49. The minimum Gasteiger partial charge on any atom is -0.481 e. The molecule has 10 heteroatoms. The van der Waals surface area contributed by atoms with Gasteiger partial charge in [-0.15, -0.1) is 0 Å². The highest BCUT2D eigenvalue weighted by Crippen LogP contribution is 2.24. The number of pyridine rings is 1. The Morgan fingerprint density at radius 3 is 2.38 bits per heavy atom. The molecule has 1 aromatic heterocycles. The number of carboxylic acid groups (broad SMARTS) is 2. The highest BCUT2D eigenvalue weighted by molar-refractivity contribution is 6.23. The number of carbonyl (C=O) groups excluding carboxylic acids is 2. The molecule has 2 aromatic rings. The number of amides is 2. The van der Waals surface area contributed by atoms with Crippen LogP contribution < -0.4 is 16.6 Å². The molecule has 1 aromatic carbocycles. The number of aromatic nitrogens is 1. The summed E-state index contributed by atoms with van der Waals surface area (Å²) in [5.41, 5.74) is 4.53. The van der Waals surface area contributed by atoms with Crippen LogP contribution in [0.2, 0.25) is 0 Å². The van der Waals surface area contributed by atoms with Gasteiger partial charge in [-0.05, 0) is 17.7 Å². The molecule has 0 spiro atoms. The Hall–Kier alpha value is -3.95. The number of aromatic carboxylic acids is 1. The number of carbonyl (C=O) groups is 4. The topological polar surface area (TPSA) is 169 Å². The predicted molar refractivity (Wildman–Crippen MR) is 86.5 cm³/mol. The fourth-order valence-corrected chi connectivity index (χ4v) is 2.77. The van der Waals surface area contributed by atoms with Crippen molar-refractivity contribution in [1.29, 1.82) is 0 Å². The average molecular weight is 357 g/mol. The molecule has 0 unspecified atom stereocenters. The van der Waals surface area contributed by atoms with E-state index in [1.807, 2.05) is 5.32 Å². The number of imide groups is 1. The Labute approximate surface area is 144 Å². The van der Waals surface area contributed by atoms with Crippen molar-refractivity contribution in [2.45, 2.75) is 6.42 Å². The van der Waals surface area contributed by atoms with E-state index in [4.69, 9.17) is 10.8 Å². The zero-order valence-corrected chi connectivity index (χ0v) is 13.0. The maximum atomic E-state index is 12.3. The maximum Gasteiger partial charge on any atom is 0.336 e. The maximum absolute atomic E-state index is 12.3. The number of benzene rings is 1. The fourth-order valence-electron chi connectivity index (χ4n) is 2.77. The zero-order chi connectivity index (χ0) is 19.2. The fraction of sp³-hybridized carbons (Fsp3) is 0.0625. The second-order valence-corrected chi connectivity index (χ2v) is 5.49. The first-order chi connectivity index (χ1) is 12.2. The zero-order valence-electron chi connectivity index (χ0n) is 13.0. The van der Waals surface area contributed by atoms with E-state index in [0.717, 1.165) is 16.7 Å². The predicted octanol–water partition coefficient (Wildman–Crippen LogP) is -0.371. The van der Waals surface area contributed by atoms with Crippen LogP contribution in [0.25, 0.3) is 5.69 Å². The molecule has 5 N–H and O–H groups in total. The molecule has 26 heavy (non-hydrogen) atoms. The molecule has 0 aliphatic carbocycles. The molecule has 1 aliphatic rings. The standard InChI is InChI=1S/C16H11N3O7/c17-13-12-9(14(23)18-15(12)24)5-10(20)19(13)7-2-1-6(3-11(21)22)8(4-7)16(25)26/h1-2,4-5H,3,17H2,(H,21,22)(H,25,26)(H,18,23,24). The molecule has 10 nitrogen and oxygen atoms in total. The summed E-state index contributed by atoms with van der Waals surface area (Å²) in [6.45, 7) is 0. The van der Waals surface area contributed by atoms with E-state index in [-0.39, 0.29) is 33.8 Å². The van der Waals surface area contributed by atoms with E-state index in [9.17, 15) is 29.1 Å². The van der Waals surface area contributed by atoms with Crippen molar-refractivity contribution in [2.75, 3.05) is 5.73 Å². The highest BCUT2D eigenvalue weighted by Gasteiger charge is 2.32. The minimum absolute atomic E-state index is 0.0222. The van der Waals surface area contributed by atoms with Gasteiger partial charge in [-0.1, -0.05) is 6.07 Å². The molecular weight excluding hydrogens is 346 g/mol. The third-order valence-corrected chi connectivity index (χ3v) is 3.88. The Bertz CT molecular complexity index is 1070. The number of nitrogens with zero attached hydrogens (tertiary/aromatic N) is 1. The van der Waals surface area contributed by atoms with Crippen LogP contribution in [0.15, 0.2) is 29.1 Å². The summed E-state index contributed by atoms with van der Waals surface area (Å²) < 4.78 is 0.883. The SMILES string of the molecule is Nc1c2c(cc(=O)n1-c1ccc(CC(=O)O)c(C(=O)O)c1)C(=O)NC2=O. The van der Waals surface area contributed by atoms with Crippen molar-refractivity contribution in [3.8, 4) is 5.69 Å². The van der Waals surface area contributed by atoms with E-state index in [1.54, 1.807) is 0 Å². The first-order valence-electron chi connectivity index (χ1n) is 7.20. The van der Waals surface area contributed by atoms with E-state index >= 15 is 0 Å². The molecule has 0 bridgehead atoms. The number of hydrogen-bond acceptors (Lipinski definition) is 6. The first-order valence-corrected chi connectivity index (χ1v) is 7.20. The van der Waals surface area contributed by atoms with E-state index in [2.05, 4.69) is 0 Å². The summed E-state index contributed by atoms with van der Waals surface area (Å²) in [5, 5.41) is 20.2. The van der Waals surface area contributed by atoms with Crippen LogP contribution >= 0.6 is 0 Å². The molecule has 0 saturated heterocycles. The lowest BCUT2D eigenvalue weighted by atomic mass is 10.0. The van der Waals surface area contributed by atoms with Crippen LogP contribution in [0.1, 0.15) is 36.6 Å². The van der Waals surface area contributed by atoms with Crippen molar-refractivity contribution in [3.63, 3.8) is 0 Å². The third kappa shape index (κ3) is 2.59. The number of nitrogens with one attached hydrogen (secondary N) is 1. The smallest absolute Gasteiger partial charge is 0.336 e. The van der Waals surface area contributed by atoms with Crippen LogP contribution in [0.3, 0.4) is 0 Å². The van der Waals surface area contributed by atoms with Crippen LogP contribution in [-0.4, -0.2) is 38.5 Å². The number of fused-ring (bicyclic) bond motifs is 1. The van der Waals surface area contributed by atoms with Gasteiger partial charge in [0.1, 0.15) is 5.82 Å². The number of rotatable bonds is 4. The van der Waals surface area contributed by atoms with Crippen molar-refractivity contribution in [2.24, 2.45) is 0 Å². The Kier molecular flexibility index (Phi) is 3.80. The summed E-state index contributed by atoms with van der Waals surface area (Å²) in [7, 11) is 0. The Morgan fingerprint density at radius 2 is 1.77 bits per heavy atom. The molecular formula is C16H11N3O7. The number of hydrogen-bond donors (Lipinski definition) is 4. The summed E-state index contributed by atoms with van der Waals surface area (Å²) in [6.07, 6.45) is -0.520. The average Bonchev–Trinajstić information content (AvgIpc) is 2.82. The van der Waals surface area contributed by atoms with Crippen LogP contribution in [-0.2, 0) is 11.2 Å². The van der Waals surface area contributed by atoms with Crippen molar-refractivity contribution >= 4 is 29.6 Å². The molecule has 3 rings (SSSR count). The molecule has 0 saturated carbocycles. The number of anilines is 1. The van der Waals surface area contributed by atoms with Gasteiger partial charge in [-0.3, -0.25) is 29.1 Å². The number of nitrogen functional groups attached to an aromatic ring is 1. The monoisotopic (exact) mass is 357 g/mol. The Morgan fingerprint density at radius 1 is 1.08 bits per heavy atom. The molecule has 0 radical (unpaired) electrons. The van der Waals surface area contributed by atoms with Crippen molar-refractivity contribution in [3.05, 3.63) is 56.9 Å². The summed E-state index contributed by atoms with van der Waals surface area (Å²) in [6, 6.07) is 4.57. The summed E-state index contributed by atoms with van der Waals surface area (Å²) >= 11 is 0. The first kappa shape index (κ1) is 16.9. The largest absolute Gasteiger partial charge is 0.481 e. The van der Waals surface area contributed by atoms with E-state index in [0.29, 0.717) is 0 Å². The van der Waals surface area contributed by atoms with Gasteiger partial charge < -0.3 is 15.9 Å². The van der Waals surface area contributed by atoms with Gasteiger partial charge in [-0.2, -0.15) is 0 Å². The lowest BCUT2D eigenvalue weighted by molar-refractivity contribution is -0.136. The van der Waals surface area contributed by atoms with Crippen molar-refractivity contribution < 1.29 is 29.4 Å². The molecule has 2 amide bonds. The molecule has 132 valence electrons. The molecule has 2 heterocycles. The number of aliphatic carboxylic acids is 1. The summed E-state index contributed by atoms with van der Waals surface area (Å²) in [4.78, 5) is 58.1. The molecule has 1 aliphatic heterocycles. The molecule has 0 atom stereocenters. The van der Waals surface area contributed by atoms with Gasteiger partial charge in [0.2, 0.25) is 0 Å². The minimum atomic E-state index is -1.39. The van der Waals surface area contributed by atoms with Gasteiger partial charge in [0, 0.05) is 6.07 Å². The summed E-state index contributed by atoms with van der Waals surface area (Å²) in [5.74, 6) is -4.44. The lowest BCUT2D eigenvalue weighted by Crippen LogP contribution is -2.24. The Balaban J connectivity index is 2.24. The number of nitrogens with two attached hydrogens (primary N) is 1. The normalized spacial score (nSPS) is 12.6. The third-order valence-electron chi connectivity index (χ3n) is 3.88. The van der Waals surface area contributed by atoms with Gasteiger partial charge in [0.25, 0.3) is 17.4 Å². The van der Waals surface area contributed by atoms with E-state index < -0.39 is 35.7 Å². The van der Waals surface area contributed by atoms with E-state index in [1.165, 1.54) is 12.1 Å². The molecule has 0 fully saturated rings. The lowest BCUT2D eigenvalue weighted by Gasteiger charge is -2.13. The highest BCUT2D eigenvalue weighted by atomic mass is 16.4. The van der Waals surface area contributed by atoms with Crippen LogP contribution in [0, 0.1) is 0 Å². The van der Waals surface area contributed by atoms with Crippen LogP contribution in [0.4, 0.5) is 5.82 Å². The van der Waals surface area contributed by atoms with Crippen LogP contribution in [0.5, 0.6) is 0 Å². The quantitative estimate of drug-likeness (QED) is 0.537. The van der Waals surface area contributed by atoms with Gasteiger partial charge in [0.15, 0.2) is 0 Å². The number of carboxylic acids is 2. The van der Waals surface area contributed by atoms with Gasteiger partial charge in [-0.25, -0.2) is 4.79 Å².